The van der Waals surface area contributed by atoms with Gasteiger partial charge < -0.3 is 9.90 Å². The number of hydrogen-bond acceptors (Lipinski definition) is 6. The van der Waals surface area contributed by atoms with Gasteiger partial charge in [0.25, 0.3) is 0 Å². The molecule has 1 N–H and O–H groups in total. The highest BCUT2D eigenvalue weighted by Gasteiger charge is 2.17. The van der Waals surface area contributed by atoms with Crippen molar-refractivity contribution < 1.29 is 14.7 Å². The summed E-state index contributed by atoms with van der Waals surface area (Å²) in [5, 5.41) is 14.0. The molecule has 0 spiro atoms. The Morgan fingerprint density at radius 1 is 1.25 bits per heavy atom. The van der Waals surface area contributed by atoms with Crippen LogP contribution in [0.5, 0.6) is 0 Å². The van der Waals surface area contributed by atoms with Crippen LogP contribution in [0.2, 0.25) is 0 Å². The van der Waals surface area contributed by atoms with Crippen molar-refractivity contribution in [3.05, 3.63) is 41.6 Å². The Balaban J connectivity index is 2.22. The van der Waals surface area contributed by atoms with Crippen molar-refractivity contribution in [3.63, 3.8) is 0 Å². The van der Waals surface area contributed by atoms with E-state index in [1.54, 1.807) is 17.1 Å². The van der Waals surface area contributed by atoms with E-state index in [4.69, 9.17) is 5.11 Å². The molecular formula is C17H16N4O3. The normalized spacial score (nSPS) is 11.0. The summed E-state index contributed by atoms with van der Waals surface area (Å²) in [5.41, 5.74) is 3.62. The number of aliphatic hydroxyl groups is 1. The standard InChI is InChI=1S/C17H16N4O3/c1-10-5-12(13-7-18-15(9-23)19-8-13)6-14-16(11(2)24)20-21(3-4-22)17(10)14/h4-8,23H,3,9H2,1-2H3. The fourth-order valence-corrected chi connectivity index (χ4v) is 2.74. The number of aromatic nitrogens is 4. The Kier molecular flexibility index (Phi) is 4.18. The maximum absolute atomic E-state index is 11.9. The van der Waals surface area contributed by atoms with Gasteiger partial charge in [0.05, 0.1) is 12.1 Å². The Morgan fingerprint density at radius 3 is 2.54 bits per heavy atom. The number of rotatable bonds is 5. The van der Waals surface area contributed by atoms with Crippen LogP contribution in [0.3, 0.4) is 0 Å². The zero-order valence-corrected chi connectivity index (χ0v) is 13.4. The monoisotopic (exact) mass is 324 g/mol. The van der Waals surface area contributed by atoms with Gasteiger partial charge in [-0.1, -0.05) is 0 Å². The molecule has 24 heavy (non-hydrogen) atoms. The molecule has 3 rings (SSSR count). The average molecular weight is 324 g/mol. The van der Waals surface area contributed by atoms with Gasteiger partial charge in [-0.15, -0.1) is 0 Å². The van der Waals surface area contributed by atoms with E-state index >= 15 is 0 Å². The second-order valence-electron chi connectivity index (χ2n) is 5.49. The van der Waals surface area contributed by atoms with Crippen molar-refractivity contribution in [1.82, 2.24) is 19.7 Å². The fourth-order valence-electron chi connectivity index (χ4n) is 2.74. The SMILES string of the molecule is CC(=O)c1nn(CC=O)c2c(C)cc(-c3cnc(CO)nc3)cc12. The molecule has 0 amide bonds. The van der Waals surface area contributed by atoms with Crippen LogP contribution in [-0.2, 0) is 17.9 Å². The second kappa shape index (κ2) is 6.29. The minimum absolute atomic E-state index is 0.0955. The van der Waals surface area contributed by atoms with Gasteiger partial charge in [-0.25, -0.2) is 9.97 Å². The fraction of sp³-hybridized carbons (Fsp3) is 0.235. The summed E-state index contributed by atoms with van der Waals surface area (Å²) in [4.78, 5) is 30.9. The minimum atomic E-state index is -0.217. The maximum atomic E-state index is 11.9. The van der Waals surface area contributed by atoms with Gasteiger partial charge in [-0.05, 0) is 30.2 Å². The number of fused-ring (bicyclic) bond motifs is 1. The molecule has 1 aromatic carbocycles. The van der Waals surface area contributed by atoms with E-state index in [1.807, 2.05) is 19.1 Å². The van der Waals surface area contributed by atoms with Crippen molar-refractivity contribution in [2.24, 2.45) is 0 Å². The van der Waals surface area contributed by atoms with Crippen LogP contribution in [0.15, 0.2) is 24.5 Å². The van der Waals surface area contributed by atoms with Crippen molar-refractivity contribution >= 4 is 23.0 Å². The molecule has 0 radical (unpaired) electrons. The quantitative estimate of drug-likeness (QED) is 0.566. The molecule has 7 heteroatoms. The molecule has 0 bridgehead atoms. The number of aldehydes is 1. The number of benzene rings is 1. The van der Waals surface area contributed by atoms with Crippen molar-refractivity contribution in [2.75, 3.05) is 0 Å². The third kappa shape index (κ3) is 2.69. The number of nitrogens with zero attached hydrogens (tertiary/aromatic N) is 4. The van der Waals surface area contributed by atoms with Gasteiger partial charge in [-0.3, -0.25) is 9.48 Å². The number of hydrogen-bond donors (Lipinski definition) is 1. The minimum Gasteiger partial charge on any atom is -0.388 e. The molecule has 0 unspecified atom stereocenters. The molecule has 2 heterocycles. The predicted molar refractivity (Wildman–Crippen MR) is 87.5 cm³/mol. The van der Waals surface area contributed by atoms with Crippen molar-refractivity contribution in [2.45, 2.75) is 27.0 Å². The summed E-state index contributed by atoms with van der Waals surface area (Å²) >= 11 is 0. The molecule has 0 aliphatic heterocycles. The average Bonchev–Trinajstić information content (AvgIpc) is 2.94. The van der Waals surface area contributed by atoms with E-state index in [0.717, 1.165) is 28.5 Å². The van der Waals surface area contributed by atoms with Crippen molar-refractivity contribution in [1.29, 1.82) is 0 Å². The van der Waals surface area contributed by atoms with Gasteiger partial charge in [0.2, 0.25) is 0 Å². The zero-order valence-electron chi connectivity index (χ0n) is 13.4. The Hall–Kier alpha value is -2.93. The van der Waals surface area contributed by atoms with Gasteiger partial charge in [0.1, 0.15) is 18.6 Å². The third-order valence-corrected chi connectivity index (χ3v) is 3.80. The maximum Gasteiger partial charge on any atom is 0.180 e. The highest BCUT2D eigenvalue weighted by atomic mass is 16.3. The molecule has 3 aromatic rings. The molecule has 0 saturated carbocycles. The zero-order chi connectivity index (χ0) is 17.3. The Morgan fingerprint density at radius 2 is 1.96 bits per heavy atom. The lowest BCUT2D eigenvalue weighted by Gasteiger charge is -2.07. The predicted octanol–water partition coefficient (Wildman–Crippen LogP) is 1.70. The van der Waals surface area contributed by atoms with Gasteiger partial charge in [0, 0.05) is 30.3 Å². The third-order valence-electron chi connectivity index (χ3n) is 3.80. The van der Waals surface area contributed by atoms with Crippen LogP contribution in [0.4, 0.5) is 0 Å². The van der Waals surface area contributed by atoms with Gasteiger partial charge in [-0.2, -0.15) is 5.10 Å². The molecule has 0 aliphatic carbocycles. The molecule has 0 saturated heterocycles. The summed E-state index contributed by atoms with van der Waals surface area (Å²) in [6, 6.07) is 3.79. The highest BCUT2D eigenvalue weighted by Crippen LogP contribution is 2.29. The summed E-state index contributed by atoms with van der Waals surface area (Å²) in [6.07, 6.45) is 4.01. The lowest BCUT2D eigenvalue weighted by molar-refractivity contribution is -0.108. The number of ketones is 1. The molecule has 7 nitrogen and oxygen atoms in total. The number of aliphatic hydroxyl groups excluding tert-OH is 1. The number of carbonyl (C=O) groups excluding carboxylic acids is 2. The molecule has 2 aromatic heterocycles. The van der Waals surface area contributed by atoms with Crippen molar-refractivity contribution in [3.8, 4) is 11.1 Å². The van der Waals surface area contributed by atoms with E-state index in [0.29, 0.717) is 16.9 Å². The van der Waals surface area contributed by atoms with Gasteiger partial charge >= 0.3 is 0 Å². The topological polar surface area (TPSA) is 98.0 Å². The van der Waals surface area contributed by atoms with Gasteiger partial charge in [0.15, 0.2) is 11.6 Å². The summed E-state index contributed by atoms with van der Waals surface area (Å²) in [6.45, 7) is 3.24. The molecule has 0 aliphatic rings. The summed E-state index contributed by atoms with van der Waals surface area (Å²) < 4.78 is 1.55. The van der Waals surface area contributed by atoms with Crippen LogP contribution in [0.1, 0.15) is 28.8 Å². The lowest BCUT2D eigenvalue weighted by Crippen LogP contribution is -2.03. The number of carbonyl (C=O) groups is 2. The first-order valence-corrected chi connectivity index (χ1v) is 7.43. The van der Waals surface area contributed by atoms with E-state index in [9.17, 15) is 9.59 Å². The number of Topliss-reactive ketones (excluding diaryl/α,β-unsaturated/α-hetero) is 1. The second-order valence-corrected chi connectivity index (χ2v) is 5.49. The smallest absolute Gasteiger partial charge is 0.180 e. The van der Waals surface area contributed by atoms with E-state index in [2.05, 4.69) is 15.1 Å². The van der Waals surface area contributed by atoms with E-state index in [1.165, 1.54) is 6.92 Å². The van der Waals surface area contributed by atoms with Crippen LogP contribution in [0, 0.1) is 6.92 Å². The first kappa shape index (κ1) is 15.9. The van der Waals surface area contributed by atoms with Crippen LogP contribution in [0.25, 0.3) is 22.0 Å². The lowest BCUT2D eigenvalue weighted by atomic mass is 10.0. The van der Waals surface area contributed by atoms with E-state index in [-0.39, 0.29) is 18.9 Å². The summed E-state index contributed by atoms with van der Waals surface area (Å²) in [5.74, 6) is 0.188. The highest BCUT2D eigenvalue weighted by molar-refractivity contribution is 6.06. The Bertz CT molecular complexity index is 929. The first-order valence-electron chi connectivity index (χ1n) is 7.43. The van der Waals surface area contributed by atoms with Crippen LogP contribution >= 0.6 is 0 Å². The first-order chi connectivity index (χ1) is 11.5. The van der Waals surface area contributed by atoms with E-state index < -0.39 is 0 Å². The van der Waals surface area contributed by atoms with Crippen LogP contribution in [-0.4, -0.2) is 36.9 Å². The largest absolute Gasteiger partial charge is 0.388 e. The number of aryl methyl sites for hydroxylation is 1. The molecular weight excluding hydrogens is 308 g/mol. The summed E-state index contributed by atoms with van der Waals surface area (Å²) in [7, 11) is 0. The Labute approximate surface area is 138 Å². The molecule has 0 atom stereocenters. The van der Waals surface area contributed by atoms with Crippen LogP contribution < -0.4 is 0 Å². The molecule has 0 fully saturated rings. The molecule has 122 valence electrons.